The second kappa shape index (κ2) is 5.26. The fourth-order valence-corrected chi connectivity index (χ4v) is 2.38. The van der Waals surface area contributed by atoms with Crippen molar-refractivity contribution in [3.05, 3.63) is 18.2 Å². The minimum Gasteiger partial charge on any atom is -0.454 e. The SMILES string of the molecule is CC(C)(C)S(=O)(=O)/C(C#N)=N/Nc1ccc2c(c1)OCO2. The van der Waals surface area contributed by atoms with Crippen molar-refractivity contribution < 1.29 is 17.9 Å². The van der Waals surface area contributed by atoms with Gasteiger partial charge in [-0.25, -0.2) is 8.42 Å². The summed E-state index contributed by atoms with van der Waals surface area (Å²) in [7, 11) is -3.80. The van der Waals surface area contributed by atoms with E-state index in [1.165, 1.54) is 20.8 Å². The number of sulfone groups is 1. The highest BCUT2D eigenvalue weighted by atomic mass is 32.2. The van der Waals surface area contributed by atoms with Gasteiger partial charge in [-0.05, 0) is 32.9 Å². The highest BCUT2D eigenvalue weighted by Crippen LogP contribution is 2.34. The van der Waals surface area contributed by atoms with Crippen molar-refractivity contribution in [2.24, 2.45) is 5.10 Å². The third-order valence-electron chi connectivity index (χ3n) is 2.82. The summed E-state index contributed by atoms with van der Waals surface area (Å²) >= 11 is 0. The molecular weight excluding hydrogens is 294 g/mol. The van der Waals surface area contributed by atoms with Crippen LogP contribution in [0.15, 0.2) is 23.3 Å². The monoisotopic (exact) mass is 309 g/mol. The van der Waals surface area contributed by atoms with Crippen LogP contribution >= 0.6 is 0 Å². The molecule has 0 bridgehead atoms. The van der Waals surface area contributed by atoms with Crippen LogP contribution in [-0.2, 0) is 9.84 Å². The topological polar surface area (TPSA) is 101 Å². The summed E-state index contributed by atoms with van der Waals surface area (Å²) in [5, 5.41) is 12.1. The molecule has 1 aliphatic heterocycles. The van der Waals surface area contributed by atoms with Crippen molar-refractivity contribution >= 4 is 20.6 Å². The predicted molar refractivity (Wildman–Crippen MR) is 77.9 cm³/mol. The molecule has 0 aliphatic carbocycles. The minimum absolute atomic E-state index is 0.143. The van der Waals surface area contributed by atoms with Gasteiger partial charge >= 0.3 is 0 Å². The summed E-state index contributed by atoms with van der Waals surface area (Å²) in [4.78, 5) is 0. The number of anilines is 1. The van der Waals surface area contributed by atoms with Gasteiger partial charge in [0.1, 0.15) is 6.07 Å². The molecule has 0 atom stereocenters. The lowest BCUT2D eigenvalue weighted by Gasteiger charge is -2.17. The Morgan fingerprint density at radius 1 is 1.33 bits per heavy atom. The van der Waals surface area contributed by atoms with E-state index in [1.807, 2.05) is 0 Å². The first-order valence-electron chi connectivity index (χ1n) is 6.14. The van der Waals surface area contributed by atoms with Gasteiger partial charge < -0.3 is 9.47 Å². The van der Waals surface area contributed by atoms with E-state index >= 15 is 0 Å². The first-order chi connectivity index (χ1) is 9.75. The van der Waals surface area contributed by atoms with E-state index in [0.717, 1.165) is 0 Å². The average molecular weight is 309 g/mol. The zero-order valence-corrected chi connectivity index (χ0v) is 12.7. The Balaban J connectivity index is 2.25. The molecule has 0 saturated heterocycles. The lowest BCUT2D eigenvalue weighted by molar-refractivity contribution is 0.174. The van der Waals surface area contributed by atoms with Gasteiger partial charge in [-0.15, -0.1) is 0 Å². The fourth-order valence-electron chi connectivity index (χ4n) is 1.52. The van der Waals surface area contributed by atoms with Crippen LogP contribution in [-0.4, -0.2) is 25.0 Å². The number of nitrogens with zero attached hydrogens (tertiary/aromatic N) is 2. The first-order valence-corrected chi connectivity index (χ1v) is 7.62. The third-order valence-corrected chi connectivity index (χ3v) is 5.12. The Labute approximate surface area is 123 Å². The summed E-state index contributed by atoms with van der Waals surface area (Å²) in [5.41, 5.74) is 3.05. The summed E-state index contributed by atoms with van der Waals surface area (Å²) in [6.45, 7) is 4.67. The van der Waals surface area contributed by atoms with Gasteiger partial charge in [-0.2, -0.15) is 10.4 Å². The molecule has 2 rings (SSSR count). The zero-order valence-electron chi connectivity index (χ0n) is 11.9. The van der Waals surface area contributed by atoms with E-state index < -0.39 is 19.6 Å². The number of ether oxygens (including phenoxy) is 2. The molecule has 1 aromatic rings. The first kappa shape index (κ1) is 15.1. The van der Waals surface area contributed by atoms with Crippen molar-refractivity contribution in [2.75, 3.05) is 12.2 Å². The van der Waals surface area contributed by atoms with Crippen LogP contribution in [0.25, 0.3) is 0 Å². The van der Waals surface area contributed by atoms with E-state index in [2.05, 4.69) is 10.5 Å². The molecule has 1 N–H and O–H groups in total. The van der Waals surface area contributed by atoms with Crippen molar-refractivity contribution in [1.82, 2.24) is 0 Å². The van der Waals surface area contributed by atoms with Crippen LogP contribution in [0.5, 0.6) is 11.5 Å². The normalized spacial score (nSPS) is 14.7. The number of rotatable bonds is 2. The molecule has 0 radical (unpaired) electrons. The van der Waals surface area contributed by atoms with Crippen LogP contribution in [0.4, 0.5) is 5.69 Å². The smallest absolute Gasteiger partial charge is 0.252 e. The minimum atomic E-state index is -3.80. The fraction of sp³-hybridized carbons (Fsp3) is 0.385. The van der Waals surface area contributed by atoms with Crippen LogP contribution < -0.4 is 14.9 Å². The number of benzene rings is 1. The molecule has 0 aromatic heterocycles. The number of nitriles is 1. The van der Waals surface area contributed by atoms with E-state index in [0.29, 0.717) is 17.2 Å². The molecule has 8 heteroatoms. The summed E-state index contributed by atoms with van der Waals surface area (Å²) in [5.74, 6) is 1.14. The Hall–Kier alpha value is -2.27. The van der Waals surface area contributed by atoms with Crippen LogP contribution in [0.1, 0.15) is 20.8 Å². The maximum Gasteiger partial charge on any atom is 0.252 e. The van der Waals surface area contributed by atoms with Crippen LogP contribution in [0.3, 0.4) is 0 Å². The number of nitrogens with one attached hydrogen (secondary N) is 1. The highest BCUT2D eigenvalue weighted by Gasteiger charge is 2.34. The van der Waals surface area contributed by atoms with Gasteiger partial charge in [0.25, 0.3) is 5.04 Å². The highest BCUT2D eigenvalue weighted by molar-refractivity contribution is 8.08. The Kier molecular flexibility index (Phi) is 3.78. The van der Waals surface area contributed by atoms with Crippen molar-refractivity contribution in [2.45, 2.75) is 25.5 Å². The quantitative estimate of drug-likeness (QED) is 0.508. The van der Waals surface area contributed by atoms with Crippen molar-refractivity contribution in [3.63, 3.8) is 0 Å². The molecule has 1 heterocycles. The van der Waals surface area contributed by atoms with Crippen LogP contribution in [0.2, 0.25) is 0 Å². The second-order valence-corrected chi connectivity index (χ2v) is 7.94. The van der Waals surface area contributed by atoms with E-state index in [1.54, 1.807) is 24.3 Å². The maximum absolute atomic E-state index is 12.2. The molecule has 0 amide bonds. The largest absolute Gasteiger partial charge is 0.454 e. The molecule has 0 spiro atoms. The standard InChI is InChI=1S/C13H15N3O4S/c1-13(2,3)21(17,18)12(7-14)16-15-9-4-5-10-11(6-9)20-8-19-10/h4-6,15H,8H2,1-3H3/b16-12+. The third kappa shape index (κ3) is 2.92. The van der Waals surface area contributed by atoms with E-state index in [4.69, 9.17) is 14.7 Å². The molecule has 1 aromatic carbocycles. The Bertz CT molecular complexity index is 727. The van der Waals surface area contributed by atoms with E-state index in [9.17, 15) is 8.42 Å². The number of fused-ring (bicyclic) bond motifs is 1. The van der Waals surface area contributed by atoms with Crippen molar-refractivity contribution in [3.8, 4) is 17.6 Å². The predicted octanol–water partition coefficient (Wildman–Crippen LogP) is 1.88. The van der Waals surface area contributed by atoms with Gasteiger partial charge in [0.2, 0.25) is 16.6 Å². The average Bonchev–Trinajstić information content (AvgIpc) is 2.85. The summed E-state index contributed by atoms with van der Waals surface area (Å²) < 4.78 is 33.6. The second-order valence-electron chi connectivity index (χ2n) is 5.32. The Morgan fingerprint density at radius 2 is 2.00 bits per heavy atom. The molecule has 0 unspecified atom stereocenters. The summed E-state index contributed by atoms with van der Waals surface area (Å²) in [6.07, 6.45) is 0. The molecule has 1 aliphatic rings. The molecule has 21 heavy (non-hydrogen) atoms. The van der Waals surface area contributed by atoms with Gasteiger partial charge in [-0.3, -0.25) is 5.43 Å². The Morgan fingerprint density at radius 3 is 2.62 bits per heavy atom. The van der Waals surface area contributed by atoms with Gasteiger partial charge in [0.15, 0.2) is 11.5 Å². The lowest BCUT2D eigenvalue weighted by atomic mass is 10.3. The van der Waals surface area contributed by atoms with Crippen LogP contribution in [0, 0.1) is 11.3 Å². The maximum atomic E-state index is 12.2. The van der Waals surface area contributed by atoms with Gasteiger partial charge in [0, 0.05) is 6.07 Å². The van der Waals surface area contributed by atoms with Gasteiger partial charge in [0.05, 0.1) is 10.4 Å². The lowest BCUT2D eigenvalue weighted by Crippen LogP contribution is -2.34. The summed E-state index contributed by atoms with van der Waals surface area (Å²) in [6, 6.07) is 6.55. The van der Waals surface area contributed by atoms with Gasteiger partial charge in [-0.1, -0.05) is 0 Å². The van der Waals surface area contributed by atoms with E-state index in [-0.39, 0.29) is 6.79 Å². The molecular formula is C13H15N3O4S. The zero-order chi connectivity index (χ0) is 15.7. The molecule has 0 saturated carbocycles. The molecule has 7 nitrogen and oxygen atoms in total. The number of hydrogen-bond acceptors (Lipinski definition) is 7. The molecule has 0 fully saturated rings. The number of hydrogen-bond donors (Lipinski definition) is 1. The number of hydrazone groups is 1. The molecule has 112 valence electrons. The van der Waals surface area contributed by atoms with Crippen molar-refractivity contribution in [1.29, 1.82) is 5.26 Å².